The van der Waals surface area contributed by atoms with Crippen molar-refractivity contribution in [2.24, 2.45) is 0 Å². The van der Waals surface area contributed by atoms with E-state index in [0.29, 0.717) is 27.4 Å². The summed E-state index contributed by atoms with van der Waals surface area (Å²) in [6, 6.07) is 15.0. The molecule has 40 heavy (non-hydrogen) atoms. The first-order valence-electron chi connectivity index (χ1n) is 13.5. The monoisotopic (exact) mass is 580 g/mol. The molecule has 1 aromatic heterocycles. The molecule has 6 rings (SSSR count). The third-order valence-electron chi connectivity index (χ3n) is 7.83. The molecule has 3 aromatic rings. The van der Waals surface area contributed by atoms with Gasteiger partial charge in [0.2, 0.25) is 11.0 Å². The average molecular weight is 581 g/mol. The number of amides is 2. The molecular weight excluding hydrogens is 548 g/mol. The Morgan fingerprint density at radius 3 is 2.38 bits per heavy atom. The molecule has 1 aliphatic heterocycles. The normalized spacial score (nSPS) is 19.2. The molecule has 2 aliphatic carbocycles. The second kappa shape index (κ2) is 10.7. The Balaban J connectivity index is 1.19. The number of hydrogen-bond donors (Lipinski definition) is 2. The van der Waals surface area contributed by atoms with Gasteiger partial charge in [-0.15, -0.1) is 10.2 Å². The number of sulfone groups is 1. The summed E-state index contributed by atoms with van der Waals surface area (Å²) < 4.78 is 24.3. The molecule has 0 spiro atoms. The van der Waals surface area contributed by atoms with Crippen LogP contribution in [0.5, 0.6) is 0 Å². The number of anilines is 2. The molecule has 0 bridgehead atoms. The van der Waals surface area contributed by atoms with Gasteiger partial charge >= 0.3 is 0 Å². The molecule has 10 nitrogen and oxygen atoms in total. The van der Waals surface area contributed by atoms with Crippen molar-refractivity contribution >= 4 is 43.8 Å². The van der Waals surface area contributed by atoms with Gasteiger partial charge in [-0.25, -0.2) is 8.42 Å². The van der Waals surface area contributed by atoms with Gasteiger partial charge < -0.3 is 5.32 Å². The van der Waals surface area contributed by atoms with E-state index in [-0.39, 0.29) is 17.2 Å². The minimum Gasteiger partial charge on any atom is -0.324 e. The number of carbonyl (C=O) groups excluding carboxylic acids is 2. The fourth-order valence-electron chi connectivity index (χ4n) is 5.38. The van der Waals surface area contributed by atoms with E-state index in [4.69, 9.17) is 0 Å². The van der Waals surface area contributed by atoms with Crippen molar-refractivity contribution in [3.63, 3.8) is 0 Å². The Morgan fingerprint density at radius 1 is 1.00 bits per heavy atom. The second-order valence-corrected chi connectivity index (χ2v) is 14.0. The van der Waals surface area contributed by atoms with Crippen LogP contribution in [-0.4, -0.2) is 84.2 Å². The van der Waals surface area contributed by atoms with E-state index in [1.165, 1.54) is 24.2 Å². The molecule has 2 amide bonds. The topological polar surface area (TPSA) is 125 Å². The molecule has 0 atom stereocenters. The van der Waals surface area contributed by atoms with Crippen LogP contribution in [0.25, 0.3) is 10.6 Å². The zero-order valence-corrected chi connectivity index (χ0v) is 23.9. The molecule has 2 aromatic carbocycles. The lowest BCUT2D eigenvalue weighted by atomic mass is 10.1. The summed E-state index contributed by atoms with van der Waals surface area (Å²) in [6.07, 6.45) is 5.23. The number of rotatable bonds is 9. The summed E-state index contributed by atoms with van der Waals surface area (Å²) in [6.45, 7) is 3.61. The Bertz CT molecular complexity index is 1530. The van der Waals surface area contributed by atoms with Gasteiger partial charge in [-0.05, 0) is 43.4 Å². The van der Waals surface area contributed by atoms with Crippen LogP contribution >= 0.6 is 11.3 Å². The highest BCUT2D eigenvalue weighted by Crippen LogP contribution is 2.44. The average Bonchev–Trinajstić information content (AvgIpc) is 3.87. The highest BCUT2D eigenvalue weighted by molar-refractivity contribution is 7.89. The van der Waals surface area contributed by atoms with Crippen molar-refractivity contribution in [2.45, 2.75) is 43.0 Å². The SMILES string of the molecule is CS(=O)(=O)Cc1ccc(C(=O)Nc2nnc(-c3ccccc3)s2)cc1NC(=O)C1(N2CCN(C3CC3)CC2)CC1. The summed E-state index contributed by atoms with van der Waals surface area (Å²) >= 11 is 1.26. The van der Waals surface area contributed by atoms with E-state index in [1.54, 1.807) is 18.2 Å². The lowest BCUT2D eigenvalue weighted by Crippen LogP contribution is -2.55. The smallest absolute Gasteiger partial charge is 0.257 e. The Morgan fingerprint density at radius 2 is 1.73 bits per heavy atom. The Kier molecular flexibility index (Phi) is 7.19. The molecule has 2 N–H and O–H groups in total. The largest absolute Gasteiger partial charge is 0.324 e. The van der Waals surface area contributed by atoms with Crippen LogP contribution in [0.4, 0.5) is 10.8 Å². The first-order valence-corrected chi connectivity index (χ1v) is 16.4. The van der Waals surface area contributed by atoms with Crippen LogP contribution in [0.15, 0.2) is 48.5 Å². The number of nitrogens with one attached hydrogen (secondary N) is 2. The van der Waals surface area contributed by atoms with Crippen molar-refractivity contribution in [2.75, 3.05) is 43.1 Å². The zero-order valence-electron chi connectivity index (χ0n) is 22.3. The summed E-state index contributed by atoms with van der Waals surface area (Å²) in [4.78, 5) is 31.5. The highest BCUT2D eigenvalue weighted by Gasteiger charge is 2.55. The maximum Gasteiger partial charge on any atom is 0.257 e. The van der Waals surface area contributed by atoms with Crippen LogP contribution in [0.3, 0.4) is 0 Å². The quantitative estimate of drug-likeness (QED) is 0.395. The van der Waals surface area contributed by atoms with Gasteiger partial charge in [0.25, 0.3) is 5.91 Å². The third kappa shape index (κ3) is 5.95. The first kappa shape index (κ1) is 27.0. The van der Waals surface area contributed by atoms with Crippen LogP contribution in [-0.2, 0) is 20.4 Å². The van der Waals surface area contributed by atoms with Crippen molar-refractivity contribution < 1.29 is 18.0 Å². The van der Waals surface area contributed by atoms with E-state index < -0.39 is 21.3 Å². The molecule has 3 fully saturated rings. The number of nitrogens with zero attached hydrogens (tertiary/aromatic N) is 4. The van der Waals surface area contributed by atoms with Crippen molar-refractivity contribution in [1.29, 1.82) is 0 Å². The van der Waals surface area contributed by atoms with Crippen LogP contribution < -0.4 is 10.6 Å². The van der Waals surface area contributed by atoms with E-state index in [0.717, 1.165) is 50.8 Å². The van der Waals surface area contributed by atoms with Crippen LogP contribution in [0.2, 0.25) is 0 Å². The second-order valence-electron chi connectivity index (χ2n) is 10.9. The molecule has 2 saturated carbocycles. The molecule has 3 aliphatic rings. The molecule has 0 radical (unpaired) electrons. The highest BCUT2D eigenvalue weighted by atomic mass is 32.2. The van der Waals surface area contributed by atoms with E-state index in [2.05, 4.69) is 30.6 Å². The zero-order chi connectivity index (χ0) is 27.9. The minimum atomic E-state index is -3.37. The maximum absolute atomic E-state index is 13.6. The lowest BCUT2D eigenvalue weighted by Gasteiger charge is -2.39. The maximum atomic E-state index is 13.6. The van der Waals surface area contributed by atoms with E-state index in [1.807, 2.05) is 30.3 Å². The third-order valence-corrected chi connectivity index (χ3v) is 9.56. The predicted octanol–water partition coefficient (Wildman–Crippen LogP) is 3.25. The molecule has 12 heteroatoms. The van der Waals surface area contributed by atoms with Crippen molar-refractivity contribution in [3.8, 4) is 10.6 Å². The number of benzene rings is 2. The number of aromatic nitrogens is 2. The van der Waals surface area contributed by atoms with Crippen molar-refractivity contribution in [1.82, 2.24) is 20.0 Å². The van der Waals surface area contributed by atoms with Gasteiger partial charge in [-0.2, -0.15) is 0 Å². The van der Waals surface area contributed by atoms with Crippen molar-refractivity contribution in [3.05, 3.63) is 59.7 Å². The fourth-order valence-corrected chi connectivity index (χ4v) is 6.94. The van der Waals surface area contributed by atoms with Gasteiger partial charge in [0.15, 0.2) is 9.84 Å². The van der Waals surface area contributed by atoms with E-state index >= 15 is 0 Å². The molecule has 1 saturated heterocycles. The van der Waals surface area contributed by atoms with Gasteiger partial charge in [-0.1, -0.05) is 47.7 Å². The van der Waals surface area contributed by atoms with Crippen LogP contribution in [0, 0.1) is 0 Å². The number of carbonyl (C=O) groups is 2. The minimum absolute atomic E-state index is 0.142. The van der Waals surface area contributed by atoms with E-state index in [9.17, 15) is 18.0 Å². The summed E-state index contributed by atoms with van der Waals surface area (Å²) in [5, 5.41) is 15.0. The fraction of sp³-hybridized carbons (Fsp3) is 0.429. The van der Waals surface area contributed by atoms with Crippen LogP contribution in [0.1, 0.15) is 41.6 Å². The standard InChI is InChI=1S/C28H32N6O4S2/c1-40(37,38)18-21-8-7-20(24(35)30-27-32-31-25(39-27)19-5-3-2-4-6-19)17-23(21)29-26(36)28(11-12-28)34-15-13-33(14-16-34)22-9-10-22/h2-8,17,22H,9-16,18H2,1H3,(H,29,36)(H,30,32,35). The molecule has 210 valence electrons. The van der Waals surface area contributed by atoms with Gasteiger partial charge in [-0.3, -0.25) is 24.7 Å². The Hall–Kier alpha value is -3.19. The molecule has 2 heterocycles. The molecular formula is C28H32N6O4S2. The van der Waals surface area contributed by atoms with Gasteiger partial charge in [0.05, 0.1) is 5.75 Å². The van der Waals surface area contributed by atoms with Gasteiger partial charge in [0.1, 0.15) is 10.5 Å². The number of hydrogen-bond acceptors (Lipinski definition) is 9. The van der Waals surface area contributed by atoms with Gasteiger partial charge in [0, 0.05) is 55.3 Å². The number of piperazine rings is 1. The summed E-state index contributed by atoms with van der Waals surface area (Å²) in [5.41, 5.74) is 1.40. The Labute approximate surface area is 237 Å². The summed E-state index contributed by atoms with van der Waals surface area (Å²) in [7, 11) is -3.37. The predicted molar refractivity (Wildman–Crippen MR) is 155 cm³/mol. The first-order chi connectivity index (χ1) is 19.2. The lowest BCUT2D eigenvalue weighted by molar-refractivity contribution is -0.123. The molecule has 0 unspecified atom stereocenters. The summed E-state index contributed by atoms with van der Waals surface area (Å²) in [5.74, 6) is -0.806.